The monoisotopic (exact) mass is 269 g/mol. The first-order chi connectivity index (χ1) is 9.60. The maximum atomic E-state index is 11.4. The van der Waals surface area contributed by atoms with Crippen LogP contribution in [0.25, 0.3) is 0 Å². The van der Waals surface area contributed by atoms with Crippen molar-refractivity contribution in [3.8, 4) is 0 Å². The van der Waals surface area contributed by atoms with E-state index in [1.165, 1.54) is 0 Å². The molecule has 0 saturated heterocycles. The van der Waals surface area contributed by atoms with Gasteiger partial charge in [-0.2, -0.15) is 0 Å². The van der Waals surface area contributed by atoms with Crippen LogP contribution in [-0.2, 0) is 13.2 Å². The highest BCUT2D eigenvalue weighted by Crippen LogP contribution is 2.16. The van der Waals surface area contributed by atoms with E-state index in [1.807, 2.05) is 49.4 Å². The van der Waals surface area contributed by atoms with E-state index in [-0.39, 0.29) is 12.4 Å². The van der Waals surface area contributed by atoms with Crippen LogP contribution < -0.4 is 5.32 Å². The number of hydrogen-bond acceptors (Lipinski definition) is 3. The standard InChI is InChI=1S/C17H19NO2/c1-12-9-16(7-8-17(12)13(2)20)18-10-14-3-5-15(11-19)6-4-14/h3-9,18-19H,10-11H2,1-2H3. The molecule has 2 aromatic carbocycles. The summed E-state index contributed by atoms with van der Waals surface area (Å²) >= 11 is 0. The lowest BCUT2D eigenvalue weighted by molar-refractivity contribution is 0.101. The number of aryl methyl sites for hydroxylation is 1. The molecule has 0 heterocycles. The van der Waals surface area contributed by atoms with Gasteiger partial charge in [0.15, 0.2) is 5.78 Å². The first kappa shape index (κ1) is 14.3. The Balaban J connectivity index is 2.03. The summed E-state index contributed by atoms with van der Waals surface area (Å²) in [4.78, 5) is 11.4. The summed E-state index contributed by atoms with van der Waals surface area (Å²) in [5.41, 5.74) is 4.81. The minimum atomic E-state index is 0.0689. The van der Waals surface area contributed by atoms with E-state index in [1.54, 1.807) is 6.92 Å². The number of nitrogens with one attached hydrogen (secondary N) is 1. The van der Waals surface area contributed by atoms with Gasteiger partial charge in [-0.1, -0.05) is 24.3 Å². The fourth-order valence-corrected chi connectivity index (χ4v) is 2.14. The Morgan fingerprint density at radius 3 is 2.30 bits per heavy atom. The molecule has 0 bridgehead atoms. The molecule has 20 heavy (non-hydrogen) atoms. The highest BCUT2D eigenvalue weighted by molar-refractivity contribution is 5.95. The van der Waals surface area contributed by atoms with Gasteiger partial charge in [0.25, 0.3) is 0 Å². The van der Waals surface area contributed by atoms with Crippen LogP contribution in [0.15, 0.2) is 42.5 Å². The Kier molecular flexibility index (Phi) is 4.53. The number of carbonyl (C=O) groups excluding carboxylic acids is 1. The minimum absolute atomic E-state index is 0.0689. The molecule has 0 amide bonds. The predicted molar refractivity (Wildman–Crippen MR) is 80.9 cm³/mol. The molecule has 0 spiro atoms. The van der Waals surface area contributed by atoms with E-state index in [4.69, 9.17) is 5.11 Å². The zero-order valence-corrected chi connectivity index (χ0v) is 11.8. The normalized spacial score (nSPS) is 10.3. The van der Waals surface area contributed by atoms with E-state index in [0.29, 0.717) is 6.54 Å². The summed E-state index contributed by atoms with van der Waals surface area (Å²) in [7, 11) is 0. The second-order valence-corrected chi connectivity index (χ2v) is 4.91. The Labute approximate surface area is 119 Å². The molecule has 0 aliphatic rings. The topological polar surface area (TPSA) is 49.3 Å². The van der Waals surface area contributed by atoms with Gasteiger partial charge in [-0.05, 0) is 48.7 Å². The first-order valence-corrected chi connectivity index (χ1v) is 6.64. The van der Waals surface area contributed by atoms with E-state index in [0.717, 1.165) is 27.9 Å². The van der Waals surface area contributed by atoms with Crippen molar-refractivity contribution in [2.24, 2.45) is 0 Å². The summed E-state index contributed by atoms with van der Waals surface area (Å²) in [6.45, 7) is 4.31. The van der Waals surface area contributed by atoms with Crippen molar-refractivity contribution in [2.75, 3.05) is 5.32 Å². The van der Waals surface area contributed by atoms with Crippen LogP contribution in [-0.4, -0.2) is 10.9 Å². The number of ketones is 1. The molecule has 3 nitrogen and oxygen atoms in total. The third kappa shape index (κ3) is 3.45. The lowest BCUT2D eigenvalue weighted by Crippen LogP contribution is -2.02. The molecule has 2 rings (SSSR count). The average molecular weight is 269 g/mol. The van der Waals surface area contributed by atoms with Crippen molar-refractivity contribution in [3.05, 3.63) is 64.7 Å². The van der Waals surface area contributed by atoms with Gasteiger partial charge < -0.3 is 10.4 Å². The summed E-state index contributed by atoms with van der Waals surface area (Å²) in [5, 5.41) is 12.3. The molecule has 2 N–H and O–H groups in total. The average Bonchev–Trinajstić information content (AvgIpc) is 2.45. The molecular formula is C17H19NO2. The minimum Gasteiger partial charge on any atom is -0.392 e. The molecule has 0 aliphatic carbocycles. The second-order valence-electron chi connectivity index (χ2n) is 4.91. The van der Waals surface area contributed by atoms with Crippen molar-refractivity contribution in [1.29, 1.82) is 0 Å². The van der Waals surface area contributed by atoms with Gasteiger partial charge in [0, 0.05) is 17.8 Å². The maximum absolute atomic E-state index is 11.4. The van der Waals surface area contributed by atoms with Gasteiger partial charge >= 0.3 is 0 Å². The fourth-order valence-electron chi connectivity index (χ4n) is 2.14. The van der Waals surface area contributed by atoms with Gasteiger partial charge in [-0.3, -0.25) is 4.79 Å². The van der Waals surface area contributed by atoms with Crippen molar-refractivity contribution < 1.29 is 9.90 Å². The largest absolute Gasteiger partial charge is 0.392 e. The molecule has 104 valence electrons. The van der Waals surface area contributed by atoms with Gasteiger partial charge in [0.1, 0.15) is 0 Å². The zero-order valence-electron chi connectivity index (χ0n) is 11.8. The SMILES string of the molecule is CC(=O)c1ccc(NCc2ccc(CO)cc2)cc1C. The zero-order chi connectivity index (χ0) is 14.5. The number of benzene rings is 2. The number of rotatable bonds is 5. The summed E-state index contributed by atoms with van der Waals surface area (Å²) < 4.78 is 0. The van der Waals surface area contributed by atoms with Crippen LogP contribution in [0.4, 0.5) is 5.69 Å². The van der Waals surface area contributed by atoms with Crippen LogP contribution in [0.2, 0.25) is 0 Å². The van der Waals surface area contributed by atoms with Crippen molar-refractivity contribution in [3.63, 3.8) is 0 Å². The van der Waals surface area contributed by atoms with Crippen LogP contribution >= 0.6 is 0 Å². The molecule has 3 heteroatoms. The molecule has 0 aromatic heterocycles. The molecule has 0 unspecified atom stereocenters. The quantitative estimate of drug-likeness (QED) is 0.819. The van der Waals surface area contributed by atoms with E-state index in [9.17, 15) is 4.79 Å². The molecule has 0 radical (unpaired) electrons. The number of anilines is 1. The second kappa shape index (κ2) is 6.35. The highest BCUT2D eigenvalue weighted by Gasteiger charge is 2.04. The van der Waals surface area contributed by atoms with E-state index in [2.05, 4.69) is 5.32 Å². The maximum Gasteiger partial charge on any atom is 0.160 e. The highest BCUT2D eigenvalue weighted by atomic mass is 16.3. The van der Waals surface area contributed by atoms with Gasteiger partial charge in [0.05, 0.1) is 6.61 Å². The predicted octanol–water partition coefficient (Wildman–Crippen LogP) is 3.30. The van der Waals surface area contributed by atoms with Gasteiger partial charge in [0.2, 0.25) is 0 Å². The molecular weight excluding hydrogens is 250 g/mol. The summed E-state index contributed by atoms with van der Waals surface area (Å²) in [5.74, 6) is 0.0913. The Morgan fingerprint density at radius 1 is 1.10 bits per heavy atom. The summed E-state index contributed by atoms with van der Waals surface area (Å²) in [6, 6.07) is 13.6. The number of aliphatic hydroxyl groups is 1. The smallest absolute Gasteiger partial charge is 0.160 e. The molecule has 0 saturated carbocycles. The summed E-state index contributed by atoms with van der Waals surface area (Å²) in [6.07, 6.45) is 0. The first-order valence-electron chi connectivity index (χ1n) is 6.64. The van der Waals surface area contributed by atoms with Crippen LogP contribution in [0, 0.1) is 6.92 Å². The number of carbonyl (C=O) groups is 1. The number of Topliss-reactive ketones (excluding diaryl/α,β-unsaturated/α-hetero) is 1. The molecule has 0 aliphatic heterocycles. The Bertz CT molecular complexity index is 603. The van der Waals surface area contributed by atoms with Crippen LogP contribution in [0.5, 0.6) is 0 Å². The van der Waals surface area contributed by atoms with Crippen molar-refractivity contribution in [2.45, 2.75) is 27.0 Å². The van der Waals surface area contributed by atoms with Crippen molar-refractivity contribution >= 4 is 11.5 Å². The van der Waals surface area contributed by atoms with E-state index < -0.39 is 0 Å². The third-order valence-corrected chi connectivity index (χ3v) is 3.31. The number of hydrogen-bond donors (Lipinski definition) is 2. The lowest BCUT2D eigenvalue weighted by atomic mass is 10.0. The lowest BCUT2D eigenvalue weighted by Gasteiger charge is -2.09. The molecule has 0 fully saturated rings. The molecule has 0 atom stereocenters. The van der Waals surface area contributed by atoms with Crippen LogP contribution in [0.1, 0.15) is 34.0 Å². The molecule has 2 aromatic rings. The Hall–Kier alpha value is -2.13. The van der Waals surface area contributed by atoms with Gasteiger partial charge in [-0.25, -0.2) is 0 Å². The third-order valence-electron chi connectivity index (χ3n) is 3.31. The van der Waals surface area contributed by atoms with Gasteiger partial charge in [-0.15, -0.1) is 0 Å². The number of aliphatic hydroxyl groups excluding tert-OH is 1. The Morgan fingerprint density at radius 2 is 1.75 bits per heavy atom. The van der Waals surface area contributed by atoms with Crippen LogP contribution in [0.3, 0.4) is 0 Å². The van der Waals surface area contributed by atoms with Crippen molar-refractivity contribution in [1.82, 2.24) is 0 Å². The van der Waals surface area contributed by atoms with E-state index >= 15 is 0 Å². The fraction of sp³-hybridized carbons (Fsp3) is 0.235.